The predicted octanol–water partition coefficient (Wildman–Crippen LogP) is 2.31. The number of halogens is 4. The Hall–Kier alpha value is -0.860. The third kappa shape index (κ3) is 3.82. The number of sulfonamides is 1. The average molecular weight is 303 g/mol. The number of aromatic nitrogens is 1. The Balaban J connectivity index is 3.07. The molecule has 0 unspecified atom stereocenters. The molecule has 0 saturated carbocycles. The summed E-state index contributed by atoms with van der Waals surface area (Å²) in [6.45, 7) is -0.494. The van der Waals surface area contributed by atoms with E-state index in [1.54, 1.807) is 0 Å². The van der Waals surface area contributed by atoms with E-state index in [4.69, 9.17) is 11.6 Å². The zero-order valence-electron chi connectivity index (χ0n) is 9.28. The first-order valence-corrected chi connectivity index (χ1v) is 6.67. The largest absolute Gasteiger partial charge is 0.402 e. The van der Waals surface area contributed by atoms with Crippen LogP contribution in [0.25, 0.3) is 0 Å². The Kier molecular flexibility index (Phi) is 4.57. The van der Waals surface area contributed by atoms with Crippen molar-refractivity contribution >= 4 is 21.6 Å². The zero-order valence-corrected chi connectivity index (χ0v) is 10.8. The summed E-state index contributed by atoms with van der Waals surface area (Å²) >= 11 is 5.48. The van der Waals surface area contributed by atoms with Gasteiger partial charge in [0.05, 0.1) is 0 Å². The quantitative estimate of drug-likeness (QED) is 0.802. The highest BCUT2D eigenvalue weighted by Crippen LogP contribution is 2.22. The number of rotatable bonds is 4. The van der Waals surface area contributed by atoms with E-state index in [1.807, 2.05) is 0 Å². The first-order valence-electron chi connectivity index (χ1n) is 4.85. The Morgan fingerprint density at radius 1 is 1.39 bits per heavy atom. The van der Waals surface area contributed by atoms with Crippen molar-refractivity contribution in [2.75, 3.05) is 13.1 Å². The third-order valence-electron chi connectivity index (χ3n) is 2.05. The second kappa shape index (κ2) is 5.41. The van der Waals surface area contributed by atoms with Gasteiger partial charge in [-0.25, -0.2) is 13.4 Å². The van der Waals surface area contributed by atoms with Crippen LogP contribution in [0.15, 0.2) is 23.2 Å². The predicted molar refractivity (Wildman–Crippen MR) is 59.7 cm³/mol. The maximum atomic E-state index is 12.3. The summed E-state index contributed by atoms with van der Waals surface area (Å²) in [7, 11) is -4.21. The lowest BCUT2D eigenvalue weighted by atomic mass is 10.5. The fraction of sp³-hybridized carbons (Fsp3) is 0.444. The van der Waals surface area contributed by atoms with E-state index in [9.17, 15) is 21.6 Å². The van der Waals surface area contributed by atoms with Crippen molar-refractivity contribution in [3.8, 4) is 0 Å². The highest BCUT2D eigenvalue weighted by Gasteiger charge is 2.36. The molecule has 1 rings (SSSR count). The molecule has 0 amide bonds. The van der Waals surface area contributed by atoms with Crippen LogP contribution in [0, 0.1) is 0 Å². The summed E-state index contributed by atoms with van der Waals surface area (Å²) in [4.78, 5) is 3.22. The fourth-order valence-corrected chi connectivity index (χ4v) is 2.72. The Morgan fingerprint density at radius 2 is 2.00 bits per heavy atom. The Labute approximate surface area is 107 Å². The van der Waals surface area contributed by atoms with E-state index >= 15 is 0 Å². The number of alkyl halides is 3. The fourth-order valence-electron chi connectivity index (χ4n) is 1.23. The van der Waals surface area contributed by atoms with Gasteiger partial charge < -0.3 is 0 Å². The van der Waals surface area contributed by atoms with Gasteiger partial charge in [-0.2, -0.15) is 17.5 Å². The van der Waals surface area contributed by atoms with Crippen LogP contribution in [0.4, 0.5) is 13.2 Å². The molecule has 0 aromatic carbocycles. The van der Waals surface area contributed by atoms with E-state index in [-0.39, 0.29) is 16.6 Å². The second-order valence-corrected chi connectivity index (χ2v) is 5.69. The number of nitrogens with zero attached hydrogens (tertiary/aromatic N) is 2. The molecule has 18 heavy (non-hydrogen) atoms. The smallest absolute Gasteiger partial charge is 0.243 e. The average Bonchev–Trinajstić information content (AvgIpc) is 2.25. The first kappa shape index (κ1) is 15.2. The number of hydrogen-bond acceptors (Lipinski definition) is 3. The van der Waals surface area contributed by atoms with Gasteiger partial charge >= 0.3 is 6.18 Å². The SMILES string of the molecule is CCN(CC(F)(F)F)S(=O)(=O)c1ccc(Cl)nc1. The van der Waals surface area contributed by atoms with Crippen molar-refractivity contribution < 1.29 is 21.6 Å². The van der Waals surface area contributed by atoms with Crippen LogP contribution in [0.5, 0.6) is 0 Å². The molecule has 4 nitrogen and oxygen atoms in total. The van der Waals surface area contributed by atoms with E-state index < -0.39 is 22.7 Å². The molecule has 0 N–H and O–H groups in total. The molecular weight excluding hydrogens is 293 g/mol. The lowest BCUT2D eigenvalue weighted by Crippen LogP contribution is -2.38. The molecule has 1 aromatic heterocycles. The van der Waals surface area contributed by atoms with Crippen LogP contribution in [0.3, 0.4) is 0 Å². The minimum absolute atomic E-state index is 0.0628. The second-order valence-electron chi connectivity index (χ2n) is 3.36. The molecule has 1 heterocycles. The van der Waals surface area contributed by atoms with E-state index in [0.717, 1.165) is 12.3 Å². The summed E-state index contributed by atoms with van der Waals surface area (Å²) in [6, 6.07) is 2.32. The molecule has 0 saturated heterocycles. The molecule has 0 aliphatic carbocycles. The van der Waals surface area contributed by atoms with Gasteiger partial charge in [-0.1, -0.05) is 18.5 Å². The molecular formula is C9H10ClF3N2O2S. The lowest BCUT2D eigenvalue weighted by Gasteiger charge is -2.21. The zero-order chi connectivity index (χ0) is 14.0. The Bertz CT molecular complexity index is 502. The van der Waals surface area contributed by atoms with Gasteiger partial charge in [0, 0.05) is 12.7 Å². The Morgan fingerprint density at radius 3 is 2.39 bits per heavy atom. The minimum atomic E-state index is -4.59. The van der Waals surface area contributed by atoms with E-state index in [2.05, 4.69) is 4.98 Å². The molecule has 0 atom stereocenters. The third-order valence-corrected chi connectivity index (χ3v) is 4.17. The molecule has 0 radical (unpaired) electrons. The van der Waals surface area contributed by atoms with Crippen LogP contribution < -0.4 is 0 Å². The van der Waals surface area contributed by atoms with Crippen LogP contribution in [-0.2, 0) is 10.0 Å². The van der Waals surface area contributed by atoms with Crippen LogP contribution >= 0.6 is 11.6 Å². The van der Waals surface area contributed by atoms with Gasteiger partial charge in [-0.15, -0.1) is 0 Å². The van der Waals surface area contributed by atoms with Gasteiger partial charge in [0.25, 0.3) is 0 Å². The first-order chi connectivity index (χ1) is 8.16. The summed E-state index contributed by atoms with van der Waals surface area (Å²) in [5.74, 6) is 0. The van der Waals surface area contributed by atoms with Crippen molar-refractivity contribution in [2.45, 2.75) is 18.0 Å². The molecule has 1 aromatic rings. The van der Waals surface area contributed by atoms with Gasteiger partial charge in [0.1, 0.15) is 16.6 Å². The van der Waals surface area contributed by atoms with Crippen LogP contribution in [-0.4, -0.2) is 37.0 Å². The van der Waals surface area contributed by atoms with E-state index in [0.29, 0.717) is 4.31 Å². The molecule has 102 valence electrons. The summed E-state index contributed by atoms with van der Waals surface area (Å²) < 4.78 is 60.9. The topological polar surface area (TPSA) is 50.3 Å². The van der Waals surface area contributed by atoms with Crippen molar-refractivity contribution in [3.05, 3.63) is 23.5 Å². The number of pyridine rings is 1. The highest BCUT2D eigenvalue weighted by molar-refractivity contribution is 7.89. The highest BCUT2D eigenvalue weighted by atomic mass is 35.5. The van der Waals surface area contributed by atoms with Gasteiger partial charge in [0.2, 0.25) is 10.0 Å². The normalized spacial score (nSPS) is 13.0. The summed E-state index contributed by atoms with van der Waals surface area (Å²) in [5.41, 5.74) is 0. The maximum absolute atomic E-state index is 12.3. The van der Waals surface area contributed by atoms with Crippen LogP contribution in [0.1, 0.15) is 6.92 Å². The molecule has 0 bridgehead atoms. The van der Waals surface area contributed by atoms with Gasteiger partial charge in [-0.3, -0.25) is 0 Å². The molecule has 0 aliphatic heterocycles. The molecule has 0 aliphatic rings. The number of hydrogen-bond donors (Lipinski definition) is 0. The molecule has 9 heteroatoms. The van der Waals surface area contributed by atoms with Gasteiger partial charge in [-0.05, 0) is 12.1 Å². The maximum Gasteiger partial charge on any atom is 0.402 e. The van der Waals surface area contributed by atoms with Crippen molar-refractivity contribution in [1.82, 2.24) is 9.29 Å². The van der Waals surface area contributed by atoms with Crippen molar-refractivity contribution in [3.63, 3.8) is 0 Å². The molecule has 0 spiro atoms. The summed E-state index contributed by atoms with van der Waals surface area (Å²) in [5, 5.41) is 0.0628. The lowest BCUT2D eigenvalue weighted by molar-refractivity contribution is -0.135. The van der Waals surface area contributed by atoms with Crippen LogP contribution in [0.2, 0.25) is 5.15 Å². The van der Waals surface area contributed by atoms with Gasteiger partial charge in [0.15, 0.2) is 0 Å². The summed E-state index contributed by atoms with van der Waals surface area (Å²) in [6.07, 6.45) is -3.67. The monoisotopic (exact) mass is 302 g/mol. The van der Waals surface area contributed by atoms with E-state index in [1.165, 1.54) is 13.0 Å². The minimum Gasteiger partial charge on any atom is -0.243 e. The van der Waals surface area contributed by atoms with Crippen molar-refractivity contribution in [1.29, 1.82) is 0 Å². The molecule has 0 fully saturated rings. The van der Waals surface area contributed by atoms with Crippen molar-refractivity contribution in [2.24, 2.45) is 0 Å². The standard InChI is InChI=1S/C9H10ClF3N2O2S/c1-2-15(6-9(11,12)13)18(16,17)7-3-4-8(10)14-5-7/h3-5H,2,6H2,1H3.